The molecule has 0 spiro atoms. The van der Waals surface area contributed by atoms with E-state index in [1.165, 1.54) is 0 Å². The first-order valence-electron chi connectivity index (χ1n) is 15.7. The Morgan fingerprint density at radius 1 is 0.909 bits per heavy atom. The van der Waals surface area contributed by atoms with Crippen molar-refractivity contribution < 1.29 is 29.1 Å². The Morgan fingerprint density at radius 2 is 1.61 bits per heavy atom. The summed E-state index contributed by atoms with van der Waals surface area (Å²) in [5, 5.41) is 23.6. The van der Waals surface area contributed by atoms with E-state index in [4.69, 9.17) is 10.8 Å². The molecule has 44 heavy (non-hydrogen) atoms. The van der Waals surface area contributed by atoms with Gasteiger partial charge in [-0.15, -0.1) is 0 Å². The fourth-order valence-corrected chi connectivity index (χ4v) is 4.69. The van der Waals surface area contributed by atoms with E-state index in [-0.39, 0.29) is 49.0 Å². The van der Waals surface area contributed by atoms with Gasteiger partial charge in [0.15, 0.2) is 0 Å². The van der Waals surface area contributed by atoms with Crippen molar-refractivity contribution in [2.45, 2.75) is 117 Å². The lowest BCUT2D eigenvalue weighted by atomic mass is 9.97. The van der Waals surface area contributed by atoms with E-state index < -0.39 is 35.9 Å². The third-order valence-corrected chi connectivity index (χ3v) is 7.40. The molecule has 12 heteroatoms. The molecule has 5 atom stereocenters. The molecule has 4 amide bonds. The number of rotatable bonds is 21. The number of hydrogen-bond acceptors (Lipinski definition) is 7. The van der Waals surface area contributed by atoms with Crippen LogP contribution in [0.2, 0.25) is 0 Å². The van der Waals surface area contributed by atoms with Crippen molar-refractivity contribution in [2.24, 2.45) is 11.8 Å². The first kappa shape index (κ1) is 38.4. The van der Waals surface area contributed by atoms with E-state index in [9.17, 15) is 24.0 Å². The quantitative estimate of drug-likeness (QED) is 0.102. The van der Waals surface area contributed by atoms with Gasteiger partial charge in [-0.05, 0) is 55.7 Å². The Bertz CT molecular complexity index is 1080. The molecule has 0 bridgehead atoms. The van der Waals surface area contributed by atoms with Crippen molar-refractivity contribution in [3.05, 3.63) is 29.8 Å². The standard InChI is InChI=1S/C32H54N6O6/c1-7-11-26(37-32(44)29(21(5)8-2)38-27(39)14-10-15-28(40)41)31(43)36-25(16-20(3)4)19-34-22(6)30(42)35-18-23-12-9-13-24(33)17-23/h9,12-13,17,20-22,25-26,29,34H,7-8,10-11,14-16,18-19,33H2,1-6H3,(H,35,42)(H,36,43)(H,37,44)(H,38,39)(H,40,41)/t21-,22-,25-,26-,29-/m0/s1. The zero-order valence-corrected chi connectivity index (χ0v) is 27.2. The number of nitrogens with one attached hydrogen (secondary N) is 5. The third kappa shape index (κ3) is 15.2. The van der Waals surface area contributed by atoms with E-state index in [2.05, 4.69) is 26.6 Å². The fraction of sp³-hybridized carbons (Fsp3) is 0.656. The van der Waals surface area contributed by atoms with Crippen LogP contribution in [0.1, 0.15) is 92.1 Å². The number of anilines is 1. The van der Waals surface area contributed by atoms with Gasteiger partial charge in [-0.25, -0.2) is 0 Å². The SMILES string of the molecule is CCC[C@H](NC(=O)[C@@H](NC(=O)CCCC(=O)O)[C@@H](C)CC)C(=O)N[C@H](CN[C@@H](C)C(=O)NCc1cccc(N)c1)CC(C)C. The summed E-state index contributed by atoms with van der Waals surface area (Å²) >= 11 is 0. The lowest BCUT2D eigenvalue weighted by molar-refractivity contribution is -0.137. The predicted octanol–water partition coefficient (Wildman–Crippen LogP) is 2.46. The molecule has 1 aromatic carbocycles. The number of carbonyl (C=O) groups is 5. The molecule has 0 saturated carbocycles. The van der Waals surface area contributed by atoms with Crippen LogP contribution in [0.25, 0.3) is 0 Å². The Kier molecular flexibility index (Phi) is 17.7. The van der Waals surface area contributed by atoms with E-state index in [1.807, 2.05) is 46.8 Å². The van der Waals surface area contributed by atoms with Gasteiger partial charge in [0.25, 0.3) is 0 Å². The maximum atomic E-state index is 13.4. The van der Waals surface area contributed by atoms with Crippen LogP contribution in [0.5, 0.6) is 0 Å². The number of nitrogen functional groups attached to an aromatic ring is 1. The predicted molar refractivity (Wildman–Crippen MR) is 171 cm³/mol. The highest BCUT2D eigenvalue weighted by molar-refractivity contribution is 5.92. The molecule has 0 fully saturated rings. The van der Waals surface area contributed by atoms with Crippen LogP contribution in [-0.4, -0.2) is 65.4 Å². The fourth-order valence-electron chi connectivity index (χ4n) is 4.69. The maximum Gasteiger partial charge on any atom is 0.303 e. The molecule has 0 saturated heterocycles. The molecule has 0 aliphatic heterocycles. The normalized spacial score (nSPS) is 14.5. The summed E-state index contributed by atoms with van der Waals surface area (Å²) in [6.45, 7) is 12.2. The van der Waals surface area contributed by atoms with E-state index in [0.29, 0.717) is 44.5 Å². The summed E-state index contributed by atoms with van der Waals surface area (Å²) in [7, 11) is 0. The third-order valence-electron chi connectivity index (χ3n) is 7.40. The highest BCUT2D eigenvalue weighted by atomic mass is 16.4. The number of benzene rings is 1. The second-order valence-corrected chi connectivity index (χ2v) is 12.0. The van der Waals surface area contributed by atoms with Crippen LogP contribution >= 0.6 is 0 Å². The average Bonchev–Trinajstić information content (AvgIpc) is 2.96. The zero-order valence-electron chi connectivity index (χ0n) is 27.2. The summed E-state index contributed by atoms with van der Waals surface area (Å²) in [6.07, 6.45) is 2.35. The molecule has 0 aromatic heterocycles. The lowest BCUT2D eigenvalue weighted by Crippen LogP contribution is -2.57. The number of amides is 4. The van der Waals surface area contributed by atoms with Gasteiger partial charge in [0.2, 0.25) is 23.6 Å². The van der Waals surface area contributed by atoms with E-state index in [1.54, 1.807) is 19.1 Å². The molecule has 12 nitrogen and oxygen atoms in total. The summed E-state index contributed by atoms with van der Waals surface area (Å²) in [4.78, 5) is 62.7. The second-order valence-electron chi connectivity index (χ2n) is 12.0. The summed E-state index contributed by atoms with van der Waals surface area (Å²) in [6, 6.07) is 4.84. The van der Waals surface area contributed by atoms with Gasteiger partial charge in [0.05, 0.1) is 6.04 Å². The van der Waals surface area contributed by atoms with Gasteiger partial charge in [-0.3, -0.25) is 24.0 Å². The minimum atomic E-state index is -0.986. The molecule has 0 aliphatic carbocycles. The molecule has 0 heterocycles. The first-order chi connectivity index (χ1) is 20.8. The number of nitrogens with two attached hydrogens (primary N) is 1. The molecular weight excluding hydrogens is 564 g/mol. The van der Waals surface area contributed by atoms with Gasteiger partial charge < -0.3 is 37.4 Å². The molecular formula is C32H54N6O6. The first-order valence-corrected chi connectivity index (χ1v) is 15.7. The van der Waals surface area contributed by atoms with Crippen LogP contribution in [-0.2, 0) is 30.5 Å². The van der Waals surface area contributed by atoms with Crippen molar-refractivity contribution in [3.8, 4) is 0 Å². The van der Waals surface area contributed by atoms with Crippen LogP contribution in [0.3, 0.4) is 0 Å². The van der Waals surface area contributed by atoms with Crippen molar-refractivity contribution in [3.63, 3.8) is 0 Å². The molecule has 0 unspecified atom stereocenters. The van der Waals surface area contributed by atoms with Crippen molar-refractivity contribution in [1.82, 2.24) is 26.6 Å². The van der Waals surface area contributed by atoms with E-state index >= 15 is 0 Å². The highest BCUT2D eigenvalue weighted by Gasteiger charge is 2.30. The summed E-state index contributed by atoms with van der Waals surface area (Å²) < 4.78 is 0. The lowest BCUT2D eigenvalue weighted by Gasteiger charge is -2.28. The minimum Gasteiger partial charge on any atom is -0.481 e. The minimum absolute atomic E-state index is 0.00734. The number of aliphatic carboxylic acids is 1. The average molecular weight is 619 g/mol. The highest BCUT2D eigenvalue weighted by Crippen LogP contribution is 2.12. The van der Waals surface area contributed by atoms with Gasteiger partial charge in [-0.1, -0.05) is 59.6 Å². The van der Waals surface area contributed by atoms with Gasteiger partial charge >= 0.3 is 5.97 Å². The van der Waals surface area contributed by atoms with Crippen molar-refractivity contribution in [1.29, 1.82) is 0 Å². The monoisotopic (exact) mass is 618 g/mol. The Morgan fingerprint density at radius 3 is 2.20 bits per heavy atom. The molecule has 0 aliphatic rings. The molecule has 1 aromatic rings. The number of carbonyl (C=O) groups excluding carboxylic acids is 4. The van der Waals surface area contributed by atoms with Crippen LogP contribution in [0, 0.1) is 11.8 Å². The Labute approximate surface area is 262 Å². The molecule has 0 radical (unpaired) electrons. The van der Waals surface area contributed by atoms with Crippen molar-refractivity contribution in [2.75, 3.05) is 12.3 Å². The smallest absolute Gasteiger partial charge is 0.303 e. The number of carboxylic acids is 1. The van der Waals surface area contributed by atoms with Crippen molar-refractivity contribution >= 4 is 35.3 Å². The second kappa shape index (κ2) is 20.3. The van der Waals surface area contributed by atoms with Gasteiger partial charge in [-0.2, -0.15) is 0 Å². The largest absolute Gasteiger partial charge is 0.481 e. The number of hydrogen-bond donors (Lipinski definition) is 7. The van der Waals surface area contributed by atoms with Gasteiger partial charge in [0.1, 0.15) is 12.1 Å². The summed E-state index contributed by atoms with van der Waals surface area (Å²) in [5.41, 5.74) is 7.34. The van der Waals surface area contributed by atoms with Crippen LogP contribution < -0.4 is 32.3 Å². The molecule has 248 valence electrons. The van der Waals surface area contributed by atoms with Crippen LogP contribution in [0.4, 0.5) is 5.69 Å². The topological polar surface area (TPSA) is 192 Å². The summed E-state index contributed by atoms with van der Waals surface area (Å²) in [5.74, 6) is -2.30. The van der Waals surface area contributed by atoms with E-state index in [0.717, 1.165) is 5.56 Å². The zero-order chi connectivity index (χ0) is 33.2. The van der Waals surface area contributed by atoms with Crippen LogP contribution in [0.15, 0.2) is 24.3 Å². The Balaban J connectivity index is 2.83. The molecule has 1 rings (SSSR count). The Hall–Kier alpha value is -3.67. The molecule has 8 N–H and O–H groups in total. The van der Waals surface area contributed by atoms with Gasteiger partial charge in [0, 0.05) is 37.7 Å². The number of carboxylic acid groups (broad SMARTS) is 1. The maximum absolute atomic E-state index is 13.4.